The number of hydrogen-bond acceptors (Lipinski definition) is 1. The molecule has 1 aliphatic carbocycles. The summed E-state index contributed by atoms with van der Waals surface area (Å²) < 4.78 is 0. The Morgan fingerprint density at radius 2 is 2.00 bits per heavy atom. The van der Waals surface area contributed by atoms with Crippen molar-refractivity contribution in [1.29, 1.82) is 0 Å². The topological polar surface area (TPSA) is 37.3 Å². The van der Waals surface area contributed by atoms with Crippen LogP contribution in [0.1, 0.15) is 31.7 Å². The second-order valence-electron chi connectivity index (χ2n) is 4.67. The van der Waals surface area contributed by atoms with Crippen molar-refractivity contribution in [2.75, 3.05) is 0 Å². The molecule has 0 heterocycles. The molecule has 2 nitrogen and oxygen atoms in total. The first-order chi connectivity index (χ1) is 7.62. The highest BCUT2D eigenvalue weighted by Gasteiger charge is 2.34. The Morgan fingerprint density at radius 3 is 2.50 bits per heavy atom. The van der Waals surface area contributed by atoms with Gasteiger partial charge in [-0.25, -0.2) is 0 Å². The molecule has 0 aliphatic heterocycles. The number of aliphatic carboxylic acids is 1. The van der Waals surface area contributed by atoms with Gasteiger partial charge in [-0.2, -0.15) is 0 Å². The van der Waals surface area contributed by atoms with E-state index in [1.165, 1.54) is 11.1 Å². The summed E-state index contributed by atoms with van der Waals surface area (Å²) in [6.07, 6.45) is 4.29. The highest BCUT2D eigenvalue weighted by Crippen LogP contribution is 2.38. The zero-order valence-corrected chi connectivity index (χ0v) is 9.44. The fraction of sp³-hybridized carbons (Fsp3) is 0.357. The third-order valence-corrected chi connectivity index (χ3v) is 3.41. The molecule has 0 fully saturated rings. The van der Waals surface area contributed by atoms with E-state index >= 15 is 0 Å². The summed E-state index contributed by atoms with van der Waals surface area (Å²) in [6, 6.07) is 10.2. The maximum Gasteiger partial charge on any atom is 0.309 e. The van der Waals surface area contributed by atoms with Crippen LogP contribution in [0.2, 0.25) is 0 Å². The van der Waals surface area contributed by atoms with Crippen LogP contribution in [0.3, 0.4) is 0 Å². The fourth-order valence-corrected chi connectivity index (χ4v) is 2.07. The first-order valence-electron chi connectivity index (χ1n) is 5.60. The number of benzene rings is 1. The predicted molar refractivity (Wildman–Crippen MR) is 64.0 cm³/mol. The second kappa shape index (κ2) is 4.12. The van der Waals surface area contributed by atoms with Gasteiger partial charge in [-0.3, -0.25) is 4.79 Å². The number of carboxylic acids is 1. The van der Waals surface area contributed by atoms with E-state index in [0.717, 1.165) is 12.8 Å². The minimum Gasteiger partial charge on any atom is -0.481 e. The largest absolute Gasteiger partial charge is 0.481 e. The van der Waals surface area contributed by atoms with Crippen molar-refractivity contribution in [1.82, 2.24) is 0 Å². The predicted octanol–water partition coefficient (Wildman–Crippen LogP) is 3.34. The van der Waals surface area contributed by atoms with Crippen molar-refractivity contribution >= 4 is 11.5 Å². The molecule has 1 atom stereocenters. The van der Waals surface area contributed by atoms with Crippen LogP contribution < -0.4 is 0 Å². The first kappa shape index (κ1) is 10.9. The summed E-state index contributed by atoms with van der Waals surface area (Å²) in [6.45, 7) is 1.83. The first-order valence-corrected chi connectivity index (χ1v) is 5.60. The quantitative estimate of drug-likeness (QED) is 0.823. The molecule has 0 aromatic heterocycles. The van der Waals surface area contributed by atoms with Crippen LogP contribution in [0.25, 0.3) is 5.57 Å². The van der Waals surface area contributed by atoms with E-state index < -0.39 is 11.4 Å². The summed E-state index contributed by atoms with van der Waals surface area (Å²) in [5.74, 6) is -0.684. The lowest BCUT2D eigenvalue weighted by atomic mass is 9.75. The van der Waals surface area contributed by atoms with E-state index in [-0.39, 0.29) is 0 Å². The van der Waals surface area contributed by atoms with Crippen molar-refractivity contribution in [2.24, 2.45) is 5.41 Å². The molecule has 1 N–H and O–H groups in total. The standard InChI is InChI=1S/C14H16O2/c1-14(13(15)16)9-7-12(8-10-14)11-5-3-2-4-6-11/h2-7H,8-10H2,1H3,(H,15,16). The molecule has 1 unspecified atom stereocenters. The second-order valence-corrected chi connectivity index (χ2v) is 4.67. The van der Waals surface area contributed by atoms with Gasteiger partial charge in [0, 0.05) is 0 Å². The highest BCUT2D eigenvalue weighted by molar-refractivity contribution is 5.77. The van der Waals surface area contributed by atoms with E-state index in [2.05, 4.69) is 18.2 Å². The van der Waals surface area contributed by atoms with Gasteiger partial charge in [0.2, 0.25) is 0 Å². The Hall–Kier alpha value is -1.57. The lowest BCUT2D eigenvalue weighted by molar-refractivity contribution is -0.148. The third-order valence-electron chi connectivity index (χ3n) is 3.41. The Kier molecular flexibility index (Phi) is 2.82. The van der Waals surface area contributed by atoms with Gasteiger partial charge in [0.1, 0.15) is 0 Å². The number of carboxylic acid groups (broad SMARTS) is 1. The van der Waals surface area contributed by atoms with Crippen LogP contribution in [-0.4, -0.2) is 11.1 Å². The number of allylic oxidation sites excluding steroid dienone is 2. The van der Waals surface area contributed by atoms with Crippen LogP contribution in [0.4, 0.5) is 0 Å². The molecule has 0 saturated heterocycles. The molecule has 2 rings (SSSR count). The van der Waals surface area contributed by atoms with Crippen molar-refractivity contribution in [2.45, 2.75) is 26.2 Å². The third kappa shape index (κ3) is 2.01. The van der Waals surface area contributed by atoms with Crippen LogP contribution in [-0.2, 0) is 4.79 Å². The number of carbonyl (C=O) groups is 1. The Bertz CT molecular complexity index is 420. The zero-order valence-electron chi connectivity index (χ0n) is 9.44. The summed E-state index contributed by atoms with van der Waals surface area (Å²) >= 11 is 0. The fourth-order valence-electron chi connectivity index (χ4n) is 2.07. The molecule has 0 radical (unpaired) electrons. The molecule has 1 aliphatic rings. The molecule has 1 aromatic rings. The van der Waals surface area contributed by atoms with Gasteiger partial charge in [0.25, 0.3) is 0 Å². The van der Waals surface area contributed by atoms with Crippen LogP contribution in [0.5, 0.6) is 0 Å². The average molecular weight is 216 g/mol. The Balaban J connectivity index is 2.19. The zero-order chi connectivity index (χ0) is 11.6. The molecular formula is C14H16O2. The lowest BCUT2D eigenvalue weighted by Crippen LogP contribution is -2.28. The van der Waals surface area contributed by atoms with Crippen molar-refractivity contribution in [3.05, 3.63) is 42.0 Å². The summed E-state index contributed by atoms with van der Waals surface area (Å²) in [5.41, 5.74) is 1.92. The van der Waals surface area contributed by atoms with Crippen molar-refractivity contribution in [3.63, 3.8) is 0 Å². The van der Waals surface area contributed by atoms with Crippen LogP contribution in [0, 0.1) is 5.41 Å². The maximum absolute atomic E-state index is 11.1. The molecule has 0 spiro atoms. The van der Waals surface area contributed by atoms with Gasteiger partial charge in [0.15, 0.2) is 0 Å². The maximum atomic E-state index is 11.1. The van der Waals surface area contributed by atoms with Crippen molar-refractivity contribution < 1.29 is 9.90 Å². The summed E-state index contributed by atoms with van der Waals surface area (Å²) in [4.78, 5) is 11.1. The molecule has 1 aromatic carbocycles. The van der Waals surface area contributed by atoms with E-state index in [1.54, 1.807) is 0 Å². The Labute approximate surface area is 95.6 Å². The molecule has 0 amide bonds. The van der Waals surface area contributed by atoms with Gasteiger partial charge >= 0.3 is 5.97 Å². The van der Waals surface area contributed by atoms with Gasteiger partial charge in [-0.15, -0.1) is 0 Å². The van der Waals surface area contributed by atoms with Gasteiger partial charge < -0.3 is 5.11 Å². The van der Waals surface area contributed by atoms with Gasteiger partial charge in [-0.1, -0.05) is 36.4 Å². The van der Waals surface area contributed by atoms with Gasteiger partial charge in [-0.05, 0) is 37.3 Å². The molecule has 16 heavy (non-hydrogen) atoms. The van der Waals surface area contributed by atoms with Gasteiger partial charge in [0.05, 0.1) is 5.41 Å². The molecule has 0 saturated carbocycles. The Morgan fingerprint density at radius 1 is 1.31 bits per heavy atom. The smallest absolute Gasteiger partial charge is 0.309 e. The summed E-state index contributed by atoms with van der Waals surface area (Å²) in [5, 5.41) is 9.13. The molecule has 2 heteroatoms. The average Bonchev–Trinajstić information content (AvgIpc) is 2.31. The number of rotatable bonds is 2. The lowest BCUT2D eigenvalue weighted by Gasteiger charge is -2.28. The van der Waals surface area contributed by atoms with E-state index in [0.29, 0.717) is 6.42 Å². The summed E-state index contributed by atoms with van der Waals surface area (Å²) in [7, 11) is 0. The van der Waals surface area contributed by atoms with E-state index in [1.807, 2.05) is 25.1 Å². The number of hydrogen-bond donors (Lipinski definition) is 1. The van der Waals surface area contributed by atoms with Crippen molar-refractivity contribution in [3.8, 4) is 0 Å². The minimum atomic E-state index is -0.684. The van der Waals surface area contributed by atoms with Crippen LogP contribution >= 0.6 is 0 Å². The normalized spacial score (nSPS) is 24.9. The monoisotopic (exact) mass is 216 g/mol. The minimum absolute atomic E-state index is 0.571. The molecule has 84 valence electrons. The SMILES string of the molecule is CC1(C(=O)O)CC=C(c2ccccc2)CC1. The van der Waals surface area contributed by atoms with E-state index in [9.17, 15) is 4.79 Å². The highest BCUT2D eigenvalue weighted by atomic mass is 16.4. The van der Waals surface area contributed by atoms with Crippen LogP contribution in [0.15, 0.2) is 36.4 Å². The van der Waals surface area contributed by atoms with E-state index in [4.69, 9.17) is 5.11 Å². The molecule has 0 bridgehead atoms. The molecular weight excluding hydrogens is 200 g/mol.